The van der Waals surface area contributed by atoms with Crippen LogP contribution in [-0.4, -0.2) is 38.7 Å². The fourth-order valence-corrected chi connectivity index (χ4v) is 4.10. The second-order valence-corrected chi connectivity index (χ2v) is 7.46. The molecule has 1 saturated carbocycles. The number of carbonyl (C=O) groups is 2. The van der Waals surface area contributed by atoms with E-state index in [1.807, 2.05) is 17.9 Å². The molecule has 4 rings (SSSR count). The predicted octanol–water partition coefficient (Wildman–Crippen LogP) is 1.84. The molecule has 0 radical (unpaired) electrons. The molecule has 1 amide bonds. The third-order valence-electron chi connectivity index (χ3n) is 5.56. The minimum Gasteiger partial charge on any atom is -0.459 e. The van der Waals surface area contributed by atoms with E-state index in [9.17, 15) is 14.4 Å². The Kier molecular flexibility index (Phi) is 4.68. The van der Waals surface area contributed by atoms with Crippen LogP contribution in [0.1, 0.15) is 43.4 Å². The van der Waals surface area contributed by atoms with Gasteiger partial charge in [-0.3, -0.25) is 18.8 Å². The van der Waals surface area contributed by atoms with Gasteiger partial charge < -0.3 is 9.64 Å². The molecule has 2 fully saturated rings. The molecule has 2 aromatic heterocycles. The molecule has 0 bridgehead atoms. The molecule has 2 aliphatic rings. The number of carbonyl (C=O) groups excluding carboxylic acids is 2. The minimum absolute atomic E-state index is 0.0431. The highest BCUT2D eigenvalue weighted by molar-refractivity contribution is 5.87. The fourth-order valence-electron chi connectivity index (χ4n) is 4.10. The van der Waals surface area contributed by atoms with Crippen LogP contribution < -0.4 is 5.56 Å². The Bertz CT molecular complexity index is 946. The monoisotopic (exact) mass is 369 g/mol. The number of pyridine rings is 1. The maximum absolute atomic E-state index is 12.4. The summed E-state index contributed by atoms with van der Waals surface area (Å²) in [6.07, 6.45) is 6.21. The predicted molar refractivity (Wildman–Crippen MR) is 98.1 cm³/mol. The Morgan fingerprint density at radius 3 is 2.85 bits per heavy atom. The molecule has 2 aromatic rings. The molecule has 7 heteroatoms. The largest absolute Gasteiger partial charge is 0.459 e. The van der Waals surface area contributed by atoms with Crippen molar-refractivity contribution in [3.8, 4) is 0 Å². The molecule has 0 N–H and O–H groups in total. The first kappa shape index (κ1) is 17.7. The fraction of sp³-hybridized carbons (Fsp3) is 0.500. The van der Waals surface area contributed by atoms with Gasteiger partial charge in [-0.2, -0.15) is 0 Å². The number of amides is 1. The Morgan fingerprint density at radius 1 is 1.30 bits per heavy atom. The number of fused-ring (bicyclic) bond motifs is 1. The van der Waals surface area contributed by atoms with Gasteiger partial charge in [0.15, 0.2) is 0 Å². The van der Waals surface area contributed by atoms with Gasteiger partial charge in [0.2, 0.25) is 5.91 Å². The van der Waals surface area contributed by atoms with Crippen LogP contribution in [0.4, 0.5) is 0 Å². The number of aromatic nitrogens is 2. The van der Waals surface area contributed by atoms with Gasteiger partial charge >= 0.3 is 5.97 Å². The van der Waals surface area contributed by atoms with E-state index in [-0.39, 0.29) is 30.5 Å². The van der Waals surface area contributed by atoms with Crippen molar-refractivity contribution in [3.63, 3.8) is 0 Å². The van der Waals surface area contributed by atoms with E-state index < -0.39 is 11.9 Å². The van der Waals surface area contributed by atoms with Crippen LogP contribution >= 0.6 is 0 Å². The molecule has 27 heavy (non-hydrogen) atoms. The van der Waals surface area contributed by atoms with Crippen LogP contribution in [0.5, 0.6) is 0 Å². The van der Waals surface area contributed by atoms with Gasteiger partial charge in [-0.05, 0) is 31.4 Å². The van der Waals surface area contributed by atoms with E-state index in [0.29, 0.717) is 17.9 Å². The lowest BCUT2D eigenvalue weighted by Gasteiger charge is -2.23. The third kappa shape index (κ3) is 3.46. The summed E-state index contributed by atoms with van der Waals surface area (Å²) in [5.41, 5.74) is 1.63. The first-order valence-corrected chi connectivity index (χ1v) is 9.47. The number of ether oxygens (including phenoxy) is 1. The van der Waals surface area contributed by atoms with Gasteiger partial charge in [-0.1, -0.05) is 18.9 Å². The molecule has 0 spiro atoms. The summed E-state index contributed by atoms with van der Waals surface area (Å²) in [5, 5.41) is 0. The Labute approximate surface area is 157 Å². The van der Waals surface area contributed by atoms with Crippen molar-refractivity contribution in [1.29, 1.82) is 0 Å². The van der Waals surface area contributed by atoms with Gasteiger partial charge in [0.05, 0.1) is 11.6 Å². The number of hydrogen-bond acceptors (Lipinski definition) is 5. The first-order valence-electron chi connectivity index (χ1n) is 9.47. The summed E-state index contributed by atoms with van der Waals surface area (Å²) in [6, 6.07) is 5.32. The second-order valence-electron chi connectivity index (χ2n) is 7.46. The van der Waals surface area contributed by atoms with E-state index in [2.05, 4.69) is 4.98 Å². The van der Waals surface area contributed by atoms with E-state index in [1.165, 1.54) is 10.5 Å². The lowest BCUT2D eigenvalue weighted by molar-refractivity contribution is -0.149. The first-order chi connectivity index (χ1) is 13.0. The van der Waals surface area contributed by atoms with Crippen molar-refractivity contribution in [1.82, 2.24) is 14.3 Å². The van der Waals surface area contributed by atoms with Crippen molar-refractivity contribution >= 4 is 17.5 Å². The zero-order chi connectivity index (χ0) is 19.0. The number of aryl methyl sites for hydroxylation is 1. The van der Waals surface area contributed by atoms with Crippen LogP contribution in [0.25, 0.3) is 5.65 Å². The molecule has 0 unspecified atom stereocenters. The SMILES string of the molecule is Cc1cccn2c(=O)cc(COC(=O)[C@@H]3CC(=O)N(C4CCCC4)C3)nc12. The van der Waals surface area contributed by atoms with E-state index >= 15 is 0 Å². The standard InChI is InChI=1S/C20H23N3O4/c1-13-5-4-8-22-18(25)10-15(21-19(13)22)12-27-20(26)14-9-17(24)23(11-14)16-6-2-3-7-16/h4-5,8,10,14,16H,2-3,6-7,9,11-12H2,1H3/t14-/m1/s1. The summed E-state index contributed by atoms with van der Waals surface area (Å²) >= 11 is 0. The van der Waals surface area contributed by atoms with Crippen LogP contribution in [0.3, 0.4) is 0 Å². The van der Waals surface area contributed by atoms with Crippen molar-refractivity contribution in [2.45, 2.75) is 51.7 Å². The molecule has 3 heterocycles. The van der Waals surface area contributed by atoms with E-state index in [1.54, 1.807) is 12.3 Å². The highest BCUT2D eigenvalue weighted by atomic mass is 16.5. The summed E-state index contributed by atoms with van der Waals surface area (Å²) in [6.45, 7) is 2.25. The molecule has 7 nitrogen and oxygen atoms in total. The molecule has 1 atom stereocenters. The molecule has 1 saturated heterocycles. The maximum Gasteiger partial charge on any atom is 0.311 e. The molecule has 0 aromatic carbocycles. The van der Waals surface area contributed by atoms with Crippen molar-refractivity contribution in [3.05, 3.63) is 46.0 Å². The Balaban J connectivity index is 1.42. The van der Waals surface area contributed by atoms with E-state index in [4.69, 9.17) is 4.74 Å². The van der Waals surface area contributed by atoms with E-state index in [0.717, 1.165) is 31.2 Å². The normalized spacial score (nSPS) is 20.6. The van der Waals surface area contributed by atoms with Gasteiger partial charge in [-0.15, -0.1) is 0 Å². The summed E-state index contributed by atoms with van der Waals surface area (Å²) in [4.78, 5) is 43.2. The molecule has 142 valence electrons. The highest BCUT2D eigenvalue weighted by Crippen LogP contribution is 2.30. The lowest BCUT2D eigenvalue weighted by atomic mass is 10.1. The van der Waals surface area contributed by atoms with Crippen LogP contribution in [0.2, 0.25) is 0 Å². The molecular weight excluding hydrogens is 346 g/mol. The molecule has 1 aliphatic carbocycles. The van der Waals surface area contributed by atoms with Crippen LogP contribution in [-0.2, 0) is 20.9 Å². The lowest BCUT2D eigenvalue weighted by Crippen LogP contribution is -2.35. The average molecular weight is 369 g/mol. The number of likely N-dealkylation sites (tertiary alicyclic amines) is 1. The summed E-state index contributed by atoms with van der Waals surface area (Å²) in [5.74, 6) is -0.779. The Morgan fingerprint density at radius 2 is 2.07 bits per heavy atom. The zero-order valence-electron chi connectivity index (χ0n) is 15.4. The van der Waals surface area contributed by atoms with Gasteiger partial charge in [-0.25, -0.2) is 4.98 Å². The quantitative estimate of drug-likeness (QED) is 0.768. The topological polar surface area (TPSA) is 81.0 Å². The highest BCUT2D eigenvalue weighted by Gasteiger charge is 2.39. The smallest absolute Gasteiger partial charge is 0.311 e. The maximum atomic E-state index is 12.4. The number of hydrogen-bond donors (Lipinski definition) is 0. The average Bonchev–Trinajstić information content (AvgIpc) is 3.30. The van der Waals surface area contributed by atoms with Gasteiger partial charge in [0.1, 0.15) is 12.3 Å². The van der Waals surface area contributed by atoms with Crippen molar-refractivity contribution < 1.29 is 14.3 Å². The summed E-state index contributed by atoms with van der Waals surface area (Å²) in [7, 11) is 0. The third-order valence-corrected chi connectivity index (χ3v) is 5.56. The van der Waals surface area contributed by atoms with Crippen LogP contribution in [0.15, 0.2) is 29.2 Å². The van der Waals surface area contributed by atoms with Crippen LogP contribution in [0, 0.1) is 12.8 Å². The number of esters is 1. The zero-order valence-corrected chi connectivity index (χ0v) is 15.4. The van der Waals surface area contributed by atoms with Crippen molar-refractivity contribution in [2.24, 2.45) is 5.92 Å². The second kappa shape index (κ2) is 7.13. The van der Waals surface area contributed by atoms with Crippen molar-refractivity contribution in [2.75, 3.05) is 6.54 Å². The summed E-state index contributed by atoms with van der Waals surface area (Å²) < 4.78 is 6.85. The Hall–Kier alpha value is -2.70. The molecular formula is C20H23N3O4. The minimum atomic E-state index is -0.429. The number of rotatable bonds is 4. The molecule has 1 aliphatic heterocycles. The van der Waals surface area contributed by atoms with Gasteiger partial charge in [0, 0.05) is 31.3 Å². The van der Waals surface area contributed by atoms with Gasteiger partial charge in [0.25, 0.3) is 5.56 Å². The number of nitrogens with zero attached hydrogens (tertiary/aromatic N) is 3.